The lowest BCUT2D eigenvalue weighted by Gasteiger charge is -2.19. The highest BCUT2D eigenvalue weighted by molar-refractivity contribution is 5.53. The van der Waals surface area contributed by atoms with Crippen molar-refractivity contribution in [3.63, 3.8) is 0 Å². The molecule has 2 N–H and O–H groups in total. The SMILES string of the molecule is C=CC.CCCN(CCC)CCC.O=C(O)O. The first-order valence-electron chi connectivity index (χ1n) is 6.21. The fourth-order valence-corrected chi connectivity index (χ4v) is 1.28. The Morgan fingerprint density at radius 2 is 1.24 bits per heavy atom. The third-order valence-corrected chi connectivity index (χ3v) is 1.62. The first-order valence-corrected chi connectivity index (χ1v) is 6.21. The molecule has 0 bridgehead atoms. The van der Waals surface area contributed by atoms with Crippen LogP contribution in [0, 0.1) is 0 Å². The molecule has 17 heavy (non-hydrogen) atoms. The molecule has 0 aromatic rings. The zero-order valence-corrected chi connectivity index (χ0v) is 11.8. The molecule has 0 unspecified atom stereocenters. The van der Waals surface area contributed by atoms with Crippen molar-refractivity contribution in [2.75, 3.05) is 19.6 Å². The van der Waals surface area contributed by atoms with Gasteiger partial charge >= 0.3 is 6.16 Å². The molecule has 0 rings (SSSR count). The molecule has 0 aromatic heterocycles. The summed E-state index contributed by atoms with van der Waals surface area (Å²) < 4.78 is 0. The molecule has 0 saturated carbocycles. The second kappa shape index (κ2) is 20.4. The van der Waals surface area contributed by atoms with Crippen molar-refractivity contribution in [1.82, 2.24) is 4.90 Å². The second-order valence-corrected chi connectivity index (χ2v) is 3.53. The minimum atomic E-state index is -1.83. The highest BCUT2D eigenvalue weighted by Gasteiger charge is 1.98. The van der Waals surface area contributed by atoms with Crippen molar-refractivity contribution >= 4 is 6.16 Å². The van der Waals surface area contributed by atoms with Crippen molar-refractivity contribution in [2.45, 2.75) is 47.0 Å². The number of carbonyl (C=O) groups is 1. The van der Waals surface area contributed by atoms with E-state index in [2.05, 4.69) is 32.3 Å². The smallest absolute Gasteiger partial charge is 0.450 e. The Morgan fingerprint density at radius 3 is 1.35 bits per heavy atom. The van der Waals surface area contributed by atoms with Crippen molar-refractivity contribution in [1.29, 1.82) is 0 Å². The van der Waals surface area contributed by atoms with Gasteiger partial charge in [-0.3, -0.25) is 0 Å². The summed E-state index contributed by atoms with van der Waals surface area (Å²) in [6.45, 7) is 15.8. The summed E-state index contributed by atoms with van der Waals surface area (Å²) in [4.78, 5) is 11.1. The average molecular weight is 247 g/mol. The molecule has 0 spiro atoms. The Kier molecular flexibility index (Phi) is 25.5. The van der Waals surface area contributed by atoms with Crippen LogP contribution in [0.2, 0.25) is 0 Å². The van der Waals surface area contributed by atoms with Crippen LogP contribution in [0.3, 0.4) is 0 Å². The van der Waals surface area contributed by atoms with Crippen LogP contribution in [0.25, 0.3) is 0 Å². The van der Waals surface area contributed by atoms with Crippen LogP contribution < -0.4 is 0 Å². The summed E-state index contributed by atoms with van der Waals surface area (Å²) in [7, 11) is 0. The zero-order chi connectivity index (χ0) is 14.1. The van der Waals surface area contributed by atoms with Gasteiger partial charge < -0.3 is 15.1 Å². The number of allylic oxidation sites excluding steroid dienone is 1. The average Bonchev–Trinajstić information content (AvgIpc) is 2.19. The normalized spacial score (nSPS) is 8.53. The van der Waals surface area contributed by atoms with Gasteiger partial charge in [-0.05, 0) is 45.8 Å². The molecule has 0 aliphatic heterocycles. The highest BCUT2D eigenvalue weighted by Crippen LogP contribution is 1.94. The molecule has 0 aromatic carbocycles. The zero-order valence-electron chi connectivity index (χ0n) is 11.8. The number of rotatable bonds is 6. The maximum absolute atomic E-state index is 8.56. The Balaban J connectivity index is -0.000000232. The molecule has 0 aliphatic carbocycles. The molecule has 0 aliphatic rings. The Morgan fingerprint density at radius 1 is 1.06 bits per heavy atom. The Bertz CT molecular complexity index is 142. The van der Waals surface area contributed by atoms with Gasteiger partial charge in [0.15, 0.2) is 0 Å². The van der Waals surface area contributed by atoms with E-state index in [-0.39, 0.29) is 0 Å². The first kappa shape index (κ1) is 21.3. The van der Waals surface area contributed by atoms with Crippen molar-refractivity contribution < 1.29 is 15.0 Å². The molecule has 4 nitrogen and oxygen atoms in total. The lowest BCUT2D eigenvalue weighted by Crippen LogP contribution is -2.25. The van der Waals surface area contributed by atoms with Gasteiger partial charge in [-0.2, -0.15) is 0 Å². The van der Waals surface area contributed by atoms with E-state index < -0.39 is 6.16 Å². The van der Waals surface area contributed by atoms with E-state index in [0.29, 0.717) is 0 Å². The van der Waals surface area contributed by atoms with Crippen LogP contribution in [0.1, 0.15) is 47.0 Å². The number of carboxylic acid groups (broad SMARTS) is 2. The van der Waals surface area contributed by atoms with Crippen LogP contribution in [-0.4, -0.2) is 40.9 Å². The minimum Gasteiger partial charge on any atom is -0.450 e. The fourth-order valence-electron chi connectivity index (χ4n) is 1.28. The van der Waals surface area contributed by atoms with E-state index in [1.54, 1.807) is 6.08 Å². The van der Waals surface area contributed by atoms with Crippen molar-refractivity contribution in [3.8, 4) is 0 Å². The predicted molar refractivity (Wildman–Crippen MR) is 73.8 cm³/mol. The largest absolute Gasteiger partial charge is 0.503 e. The predicted octanol–water partition coefficient (Wildman–Crippen LogP) is 3.93. The molecule has 0 saturated heterocycles. The second-order valence-electron chi connectivity index (χ2n) is 3.53. The summed E-state index contributed by atoms with van der Waals surface area (Å²) in [6, 6.07) is 0. The minimum absolute atomic E-state index is 1.28. The molecular formula is C13H29NO3. The maximum Gasteiger partial charge on any atom is 0.503 e. The van der Waals surface area contributed by atoms with Gasteiger partial charge in [0.2, 0.25) is 0 Å². The van der Waals surface area contributed by atoms with E-state index in [9.17, 15) is 0 Å². The maximum atomic E-state index is 8.56. The lowest BCUT2D eigenvalue weighted by molar-refractivity contribution is 0.137. The molecule has 0 radical (unpaired) electrons. The molecule has 0 heterocycles. The van der Waals surface area contributed by atoms with Gasteiger partial charge in [-0.1, -0.05) is 26.8 Å². The quantitative estimate of drug-likeness (QED) is 0.698. The first-order chi connectivity index (χ1) is 7.99. The molecule has 104 valence electrons. The van der Waals surface area contributed by atoms with Gasteiger partial charge in [0.1, 0.15) is 0 Å². The van der Waals surface area contributed by atoms with Gasteiger partial charge in [-0.25, -0.2) is 4.79 Å². The van der Waals surface area contributed by atoms with E-state index in [4.69, 9.17) is 15.0 Å². The summed E-state index contributed by atoms with van der Waals surface area (Å²) in [5.41, 5.74) is 0. The van der Waals surface area contributed by atoms with E-state index in [0.717, 1.165) is 0 Å². The number of hydrogen-bond donors (Lipinski definition) is 2. The Hall–Kier alpha value is -1.03. The molecule has 4 heteroatoms. The van der Waals surface area contributed by atoms with Crippen molar-refractivity contribution in [2.24, 2.45) is 0 Å². The third-order valence-electron chi connectivity index (χ3n) is 1.62. The van der Waals surface area contributed by atoms with Gasteiger partial charge in [0, 0.05) is 0 Å². The van der Waals surface area contributed by atoms with Crippen LogP contribution in [0.15, 0.2) is 12.7 Å². The molecule has 0 fully saturated rings. The lowest BCUT2D eigenvalue weighted by atomic mass is 10.3. The van der Waals surface area contributed by atoms with Crippen LogP contribution in [-0.2, 0) is 0 Å². The van der Waals surface area contributed by atoms with Crippen LogP contribution >= 0.6 is 0 Å². The van der Waals surface area contributed by atoms with Crippen LogP contribution in [0.5, 0.6) is 0 Å². The van der Waals surface area contributed by atoms with E-state index in [1.165, 1.54) is 38.9 Å². The molecule has 0 amide bonds. The van der Waals surface area contributed by atoms with Gasteiger partial charge in [0.05, 0.1) is 0 Å². The number of nitrogens with zero attached hydrogens (tertiary/aromatic N) is 1. The summed E-state index contributed by atoms with van der Waals surface area (Å²) in [6.07, 6.45) is 3.79. The Labute approximate surface area is 106 Å². The third kappa shape index (κ3) is 39.6. The van der Waals surface area contributed by atoms with Gasteiger partial charge in [0.25, 0.3) is 0 Å². The standard InChI is InChI=1S/C9H21N.C3H6.CH2O3/c1-4-7-10(8-5-2)9-6-3;1-3-2;2-1(3)4/h4-9H2,1-3H3;3H,1H2,2H3;(H2,2,3,4). The summed E-state index contributed by atoms with van der Waals surface area (Å²) in [5.74, 6) is 0. The van der Waals surface area contributed by atoms with Gasteiger partial charge in [-0.15, -0.1) is 6.58 Å². The van der Waals surface area contributed by atoms with Crippen molar-refractivity contribution in [3.05, 3.63) is 12.7 Å². The van der Waals surface area contributed by atoms with Crippen LogP contribution in [0.4, 0.5) is 4.79 Å². The molecule has 0 atom stereocenters. The summed E-state index contributed by atoms with van der Waals surface area (Å²) in [5, 5.41) is 13.9. The van der Waals surface area contributed by atoms with E-state index >= 15 is 0 Å². The number of hydrogen-bond acceptors (Lipinski definition) is 2. The summed E-state index contributed by atoms with van der Waals surface area (Å²) >= 11 is 0. The highest BCUT2D eigenvalue weighted by atomic mass is 16.6. The topological polar surface area (TPSA) is 60.8 Å². The fraction of sp³-hybridized carbons (Fsp3) is 0.769. The van der Waals surface area contributed by atoms with E-state index in [1.807, 2.05) is 6.92 Å². The molecular weight excluding hydrogens is 218 g/mol. The monoisotopic (exact) mass is 247 g/mol.